The van der Waals surface area contributed by atoms with E-state index in [9.17, 15) is 14.4 Å². The Labute approximate surface area is 170 Å². The zero-order valence-corrected chi connectivity index (χ0v) is 16.5. The fourth-order valence-electron chi connectivity index (χ4n) is 4.77. The highest BCUT2D eigenvalue weighted by atomic mass is 19.1. The molecule has 0 bridgehead atoms. The highest BCUT2D eigenvalue weighted by Gasteiger charge is 2.49. The normalized spacial score (nSPS) is 22.8. The first kappa shape index (κ1) is 19.5. The van der Waals surface area contributed by atoms with Gasteiger partial charge in [-0.05, 0) is 72.9 Å². The monoisotopic (exact) mass is 392 g/mol. The number of halogens is 1. The third-order valence-electron chi connectivity index (χ3n) is 6.31. The molecule has 150 valence electrons. The van der Waals surface area contributed by atoms with Crippen LogP contribution in [0.5, 0.6) is 0 Å². The third-order valence-corrected chi connectivity index (χ3v) is 6.31. The van der Waals surface area contributed by atoms with Crippen molar-refractivity contribution in [2.75, 3.05) is 0 Å². The van der Waals surface area contributed by atoms with Crippen molar-refractivity contribution in [1.82, 2.24) is 5.48 Å². The number of carbonyl (C=O) groups excluding carboxylic acids is 1. The van der Waals surface area contributed by atoms with E-state index in [2.05, 4.69) is 17.1 Å². The minimum atomic E-state index is -0.990. The molecule has 0 spiro atoms. The van der Waals surface area contributed by atoms with Crippen molar-refractivity contribution in [3.05, 3.63) is 82.2 Å². The summed E-state index contributed by atoms with van der Waals surface area (Å²) < 4.78 is 14.2. The maximum atomic E-state index is 14.2. The van der Waals surface area contributed by atoms with Crippen LogP contribution in [0.15, 0.2) is 64.7 Å². The average Bonchev–Trinajstić information content (AvgIpc) is 3.29. The zero-order valence-electron chi connectivity index (χ0n) is 16.5. The number of nitrogens with zero attached hydrogens (tertiary/aromatic N) is 1. The summed E-state index contributed by atoms with van der Waals surface area (Å²) in [6.07, 6.45) is 5.64. The minimum Gasteiger partial charge on any atom is -0.289 e. The molecule has 0 saturated heterocycles. The van der Waals surface area contributed by atoms with Crippen molar-refractivity contribution in [1.29, 1.82) is 0 Å². The van der Waals surface area contributed by atoms with Gasteiger partial charge in [-0.2, -0.15) is 0 Å². The first-order valence-corrected chi connectivity index (χ1v) is 10.0. The highest BCUT2D eigenvalue weighted by molar-refractivity contribution is 5.94. The van der Waals surface area contributed by atoms with Crippen LogP contribution in [-0.4, -0.2) is 23.4 Å². The zero-order chi connectivity index (χ0) is 20.4. The van der Waals surface area contributed by atoms with E-state index in [1.807, 2.05) is 29.9 Å². The molecule has 2 atom stereocenters. The molecular weight excluding hydrogens is 367 g/mol. The number of aryl methyl sites for hydroxylation is 1. The molecule has 0 radical (unpaired) electrons. The van der Waals surface area contributed by atoms with E-state index < -0.39 is 11.3 Å². The van der Waals surface area contributed by atoms with Gasteiger partial charge in [0.25, 0.3) is 5.91 Å². The molecule has 29 heavy (non-hydrogen) atoms. The standard InChI is InChI=1S/C24H25FN2O2/c1-16-20(10-6-11-21(16)25)24(23(28)27-29)13-18-15-26-22(19(18)14-24)12-5-9-17-7-3-2-4-8-17/h2-4,6-8,10-11,15,22,29H,5,9,12-14H2,1H3,(H,27,28)/t22?,24-/m0/s1. The molecule has 2 N–H and O–H groups in total. The Kier molecular flexibility index (Phi) is 5.33. The number of carbonyl (C=O) groups is 1. The summed E-state index contributed by atoms with van der Waals surface area (Å²) in [4.78, 5) is 17.5. The van der Waals surface area contributed by atoms with Gasteiger partial charge in [-0.15, -0.1) is 0 Å². The van der Waals surface area contributed by atoms with Crippen molar-refractivity contribution < 1.29 is 14.4 Å². The molecule has 4 rings (SSSR count). The number of nitrogens with one attached hydrogen (secondary N) is 1. The lowest BCUT2D eigenvalue weighted by atomic mass is 9.73. The van der Waals surface area contributed by atoms with Crippen molar-refractivity contribution in [3.63, 3.8) is 0 Å². The van der Waals surface area contributed by atoms with Gasteiger partial charge < -0.3 is 0 Å². The van der Waals surface area contributed by atoms with Crippen LogP contribution in [0, 0.1) is 12.7 Å². The van der Waals surface area contributed by atoms with Crippen LogP contribution in [0.1, 0.15) is 42.4 Å². The quantitative estimate of drug-likeness (QED) is 0.564. The molecule has 1 heterocycles. The number of hydrogen-bond acceptors (Lipinski definition) is 3. The lowest BCUT2D eigenvalue weighted by Crippen LogP contribution is -2.43. The molecule has 2 aromatic rings. The number of hydrogen-bond donors (Lipinski definition) is 2. The molecule has 0 aromatic heterocycles. The van der Waals surface area contributed by atoms with Gasteiger partial charge in [-0.25, -0.2) is 9.87 Å². The van der Waals surface area contributed by atoms with Crippen LogP contribution in [0.2, 0.25) is 0 Å². The lowest BCUT2D eigenvalue weighted by Gasteiger charge is -2.30. The summed E-state index contributed by atoms with van der Waals surface area (Å²) in [5, 5.41) is 9.43. The molecule has 1 aliphatic carbocycles. The van der Waals surface area contributed by atoms with Gasteiger partial charge in [0.15, 0.2) is 0 Å². The molecule has 5 heteroatoms. The van der Waals surface area contributed by atoms with Gasteiger partial charge in [0.05, 0.1) is 11.5 Å². The Balaban J connectivity index is 1.53. The topological polar surface area (TPSA) is 61.7 Å². The predicted molar refractivity (Wildman–Crippen MR) is 111 cm³/mol. The van der Waals surface area contributed by atoms with E-state index in [4.69, 9.17) is 0 Å². The summed E-state index contributed by atoms with van der Waals surface area (Å²) in [6.45, 7) is 1.69. The summed E-state index contributed by atoms with van der Waals surface area (Å²) in [5.74, 6) is -0.829. The summed E-state index contributed by atoms with van der Waals surface area (Å²) in [5.41, 5.74) is 5.42. The molecule has 2 aromatic carbocycles. The van der Waals surface area contributed by atoms with E-state index in [1.165, 1.54) is 11.6 Å². The van der Waals surface area contributed by atoms with Crippen molar-refractivity contribution in [3.8, 4) is 0 Å². The fourth-order valence-corrected chi connectivity index (χ4v) is 4.77. The lowest BCUT2D eigenvalue weighted by molar-refractivity contribution is -0.135. The number of aliphatic imine (C=N–C) groups is 1. The third kappa shape index (κ3) is 3.51. The molecular formula is C24H25FN2O2. The highest BCUT2D eigenvalue weighted by Crippen LogP contribution is 2.49. The van der Waals surface area contributed by atoms with Crippen LogP contribution in [0.4, 0.5) is 4.39 Å². The minimum absolute atomic E-state index is 0.0518. The first-order chi connectivity index (χ1) is 14.0. The Morgan fingerprint density at radius 2 is 2.00 bits per heavy atom. The number of amides is 1. The van der Waals surface area contributed by atoms with Gasteiger partial charge in [0.1, 0.15) is 5.82 Å². The van der Waals surface area contributed by atoms with Crippen LogP contribution in [-0.2, 0) is 16.6 Å². The number of rotatable bonds is 6. The van der Waals surface area contributed by atoms with Crippen LogP contribution < -0.4 is 5.48 Å². The SMILES string of the molecule is Cc1c(F)cccc1[C@]1(C(=O)NO)CC2=C(C1)C(CCCc1ccccc1)N=C2. The van der Waals surface area contributed by atoms with E-state index in [1.54, 1.807) is 19.1 Å². The van der Waals surface area contributed by atoms with Crippen LogP contribution in [0.3, 0.4) is 0 Å². The van der Waals surface area contributed by atoms with Gasteiger partial charge in [-0.3, -0.25) is 15.0 Å². The largest absolute Gasteiger partial charge is 0.289 e. The Morgan fingerprint density at radius 1 is 1.21 bits per heavy atom. The molecule has 2 aliphatic rings. The van der Waals surface area contributed by atoms with Gasteiger partial charge >= 0.3 is 0 Å². The molecule has 1 aliphatic heterocycles. The van der Waals surface area contributed by atoms with E-state index in [0.29, 0.717) is 24.0 Å². The Morgan fingerprint density at radius 3 is 2.76 bits per heavy atom. The van der Waals surface area contributed by atoms with E-state index in [0.717, 1.165) is 30.4 Å². The van der Waals surface area contributed by atoms with Gasteiger partial charge in [-0.1, -0.05) is 42.5 Å². The van der Waals surface area contributed by atoms with Gasteiger partial charge in [0, 0.05) is 6.21 Å². The van der Waals surface area contributed by atoms with E-state index in [-0.39, 0.29) is 11.9 Å². The molecule has 0 fully saturated rings. The first-order valence-electron chi connectivity index (χ1n) is 10.0. The fraction of sp³-hybridized carbons (Fsp3) is 0.333. The van der Waals surface area contributed by atoms with E-state index >= 15 is 0 Å². The van der Waals surface area contributed by atoms with Crippen molar-refractivity contribution in [2.24, 2.45) is 4.99 Å². The maximum Gasteiger partial charge on any atom is 0.254 e. The summed E-state index contributed by atoms with van der Waals surface area (Å²) in [7, 11) is 0. The number of allylic oxidation sites excluding steroid dienone is 1. The van der Waals surface area contributed by atoms with Crippen LogP contribution >= 0.6 is 0 Å². The maximum absolute atomic E-state index is 14.2. The van der Waals surface area contributed by atoms with Gasteiger partial charge in [0.2, 0.25) is 0 Å². The van der Waals surface area contributed by atoms with Crippen molar-refractivity contribution >= 4 is 12.1 Å². The second-order valence-corrected chi connectivity index (χ2v) is 8.01. The number of benzene rings is 2. The molecule has 4 nitrogen and oxygen atoms in total. The Hall–Kier alpha value is -2.79. The smallest absolute Gasteiger partial charge is 0.254 e. The summed E-state index contributed by atoms with van der Waals surface area (Å²) in [6, 6.07) is 15.2. The molecule has 1 unspecified atom stereocenters. The molecule has 0 saturated carbocycles. The predicted octanol–water partition coefficient (Wildman–Crippen LogP) is 4.44. The second-order valence-electron chi connectivity index (χ2n) is 8.01. The Bertz CT molecular complexity index is 984. The summed E-state index contributed by atoms with van der Waals surface area (Å²) >= 11 is 0. The molecule has 1 amide bonds. The van der Waals surface area contributed by atoms with Crippen LogP contribution in [0.25, 0.3) is 0 Å². The number of hydroxylamine groups is 1. The second kappa shape index (κ2) is 7.91. The van der Waals surface area contributed by atoms with Crippen molar-refractivity contribution in [2.45, 2.75) is 50.5 Å². The average molecular weight is 392 g/mol.